The van der Waals surface area contributed by atoms with Crippen molar-refractivity contribution in [1.82, 2.24) is 24.4 Å². The maximum atomic E-state index is 11.9. The molecule has 0 N–H and O–H groups in total. The highest BCUT2D eigenvalue weighted by Crippen LogP contribution is 2.29. The zero-order valence-electron chi connectivity index (χ0n) is 14.6. The molecule has 0 saturated carbocycles. The van der Waals surface area contributed by atoms with Crippen molar-refractivity contribution in [2.75, 3.05) is 31.6 Å². The van der Waals surface area contributed by atoms with Gasteiger partial charge in [-0.15, -0.1) is 0 Å². The number of likely N-dealkylation sites (N-methyl/N-ethyl adjacent to an activating group) is 1. The van der Waals surface area contributed by atoms with E-state index in [1.165, 1.54) is 17.3 Å². The minimum atomic E-state index is 0.0327. The summed E-state index contributed by atoms with van der Waals surface area (Å²) in [4.78, 5) is 29.7. The molecule has 4 heterocycles. The van der Waals surface area contributed by atoms with E-state index in [-0.39, 0.29) is 5.56 Å². The van der Waals surface area contributed by atoms with Crippen LogP contribution in [0.25, 0.3) is 0 Å². The minimum absolute atomic E-state index is 0.0327. The summed E-state index contributed by atoms with van der Waals surface area (Å²) in [5, 5.41) is 0. The van der Waals surface area contributed by atoms with Crippen molar-refractivity contribution >= 4 is 5.82 Å². The van der Waals surface area contributed by atoms with Crippen LogP contribution >= 0.6 is 0 Å². The van der Waals surface area contributed by atoms with Crippen molar-refractivity contribution in [3.63, 3.8) is 0 Å². The first-order valence-corrected chi connectivity index (χ1v) is 8.97. The Morgan fingerprint density at radius 2 is 2.04 bits per heavy atom. The van der Waals surface area contributed by atoms with Crippen molar-refractivity contribution in [3.05, 3.63) is 46.5 Å². The molecule has 0 atom stereocenters. The van der Waals surface area contributed by atoms with Gasteiger partial charge in [-0.25, -0.2) is 15.0 Å². The van der Waals surface area contributed by atoms with E-state index in [0.717, 1.165) is 57.8 Å². The van der Waals surface area contributed by atoms with Crippen LogP contribution in [0.1, 0.15) is 24.1 Å². The molecule has 2 aliphatic rings. The standard InChI is InChI=1S/C18H24N6O/c1-22-7-5-16-15(11-22)18(21-12-20-16)23-8-3-14(4-9-23)10-24-13-19-6-2-17(24)25/h2,6,12-14H,3-5,7-11H2,1H3. The van der Waals surface area contributed by atoms with Crippen LogP contribution in [0.2, 0.25) is 0 Å². The van der Waals surface area contributed by atoms with E-state index in [9.17, 15) is 4.79 Å². The Labute approximate surface area is 147 Å². The molecule has 7 nitrogen and oxygen atoms in total. The van der Waals surface area contributed by atoms with Crippen LogP contribution in [-0.2, 0) is 19.5 Å². The summed E-state index contributed by atoms with van der Waals surface area (Å²) >= 11 is 0. The summed E-state index contributed by atoms with van der Waals surface area (Å²) in [7, 11) is 2.15. The Bertz CT molecular complexity index is 796. The Balaban J connectivity index is 1.44. The van der Waals surface area contributed by atoms with E-state index in [2.05, 4.69) is 31.8 Å². The van der Waals surface area contributed by atoms with Crippen LogP contribution in [0.15, 0.2) is 29.7 Å². The molecule has 0 unspecified atom stereocenters. The molecule has 4 rings (SSSR count). The molecule has 0 aromatic carbocycles. The number of hydrogen-bond donors (Lipinski definition) is 0. The van der Waals surface area contributed by atoms with Gasteiger partial charge in [-0.2, -0.15) is 0 Å². The van der Waals surface area contributed by atoms with Gasteiger partial charge in [0.05, 0.1) is 12.0 Å². The van der Waals surface area contributed by atoms with Gasteiger partial charge in [-0.3, -0.25) is 9.36 Å². The first kappa shape index (κ1) is 16.2. The third-order valence-electron chi connectivity index (χ3n) is 5.33. The van der Waals surface area contributed by atoms with Crippen molar-refractivity contribution in [3.8, 4) is 0 Å². The van der Waals surface area contributed by atoms with E-state index >= 15 is 0 Å². The number of aromatic nitrogens is 4. The van der Waals surface area contributed by atoms with E-state index in [1.807, 2.05) is 0 Å². The van der Waals surface area contributed by atoms with Crippen molar-refractivity contribution in [2.24, 2.45) is 5.92 Å². The number of piperidine rings is 1. The van der Waals surface area contributed by atoms with Gasteiger partial charge in [0.1, 0.15) is 12.1 Å². The normalized spacial score (nSPS) is 19.0. The number of fused-ring (bicyclic) bond motifs is 1. The summed E-state index contributed by atoms with van der Waals surface area (Å²) in [6.45, 7) is 4.70. The zero-order chi connectivity index (χ0) is 17.2. The summed E-state index contributed by atoms with van der Waals surface area (Å²) in [6.07, 6.45) is 8.04. The predicted molar refractivity (Wildman–Crippen MR) is 95.5 cm³/mol. The van der Waals surface area contributed by atoms with E-state index in [4.69, 9.17) is 0 Å². The molecular weight excluding hydrogens is 316 g/mol. The van der Waals surface area contributed by atoms with Gasteiger partial charge in [0.25, 0.3) is 5.56 Å². The van der Waals surface area contributed by atoms with E-state index < -0.39 is 0 Å². The molecule has 2 aliphatic heterocycles. The second-order valence-electron chi connectivity index (χ2n) is 7.11. The molecule has 0 amide bonds. The highest BCUT2D eigenvalue weighted by atomic mass is 16.1. The Hall–Kier alpha value is -2.28. The lowest BCUT2D eigenvalue weighted by atomic mass is 9.96. The largest absolute Gasteiger partial charge is 0.356 e. The van der Waals surface area contributed by atoms with Crippen LogP contribution < -0.4 is 10.5 Å². The minimum Gasteiger partial charge on any atom is -0.356 e. The fourth-order valence-electron chi connectivity index (χ4n) is 3.85. The van der Waals surface area contributed by atoms with Gasteiger partial charge in [0.2, 0.25) is 0 Å². The van der Waals surface area contributed by atoms with E-state index in [0.29, 0.717) is 5.92 Å². The smallest absolute Gasteiger partial charge is 0.253 e. The number of nitrogens with zero attached hydrogens (tertiary/aromatic N) is 6. The molecular formula is C18H24N6O. The predicted octanol–water partition coefficient (Wildman–Crippen LogP) is 0.938. The zero-order valence-corrected chi connectivity index (χ0v) is 14.6. The number of hydrogen-bond acceptors (Lipinski definition) is 6. The van der Waals surface area contributed by atoms with Crippen molar-refractivity contribution in [1.29, 1.82) is 0 Å². The highest BCUT2D eigenvalue weighted by molar-refractivity contribution is 5.49. The van der Waals surface area contributed by atoms with Crippen LogP contribution in [0.3, 0.4) is 0 Å². The molecule has 132 valence electrons. The molecule has 0 spiro atoms. The molecule has 2 aromatic rings. The van der Waals surface area contributed by atoms with E-state index in [1.54, 1.807) is 23.4 Å². The van der Waals surface area contributed by atoms with Crippen LogP contribution in [0.4, 0.5) is 5.82 Å². The molecule has 1 saturated heterocycles. The average molecular weight is 340 g/mol. The van der Waals surface area contributed by atoms with Crippen LogP contribution in [0.5, 0.6) is 0 Å². The molecule has 25 heavy (non-hydrogen) atoms. The average Bonchev–Trinajstić information content (AvgIpc) is 2.64. The summed E-state index contributed by atoms with van der Waals surface area (Å²) in [5.74, 6) is 1.62. The van der Waals surface area contributed by atoms with Gasteiger partial charge in [0, 0.05) is 57.0 Å². The first-order chi connectivity index (χ1) is 12.2. The van der Waals surface area contributed by atoms with Gasteiger partial charge in [0.15, 0.2) is 0 Å². The van der Waals surface area contributed by atoms with Gasteiger partial charge < -0.3 is 9.80 Å². The summed E-state index contributed by atoms with van der Waals surface area (Å²) in [5.41, 5.74) is 2.52. The lowest BCUT2D eigenvalue weighted by Crippen LogP contribution is -2.38. The number of rotatable bonds is 3. The fraction of sp³-hybridized carbons (Fsp3) is 0.556. The second kappa shape index (κ2) is 6.92. The first-order valence-electron chi connectivity index (χ1n) is 8.97. The maximum Gasteiger partial charge on any atom is 0.253 e. The van der Waals surface area contributed by atoms with Crippen LogP contribution in [-0.4, -0.2) is 51.1 Å². The third-order valence-corrected chi connectivity index (χ3v) is 5.33. The van der Waals surface area contributed by atoms with Gasteiger partial charge >= 0.3 is 0 Å². The summed E-state index contributed by atoms with van der Waals surface area (Å²) in [6, 6.07) is 1.53. The molecule has 1 fully saturated rings. The third kappa shape index (κ3) is 3.42. The SMILES string of the molecule is CN1CCc2ncnc(N3CCC(Cn4cnccc4=O)CC3)c2C1. The number of anilines is 1. The topological polar surface area (TPSA) is 67.2 Å². The highest BCUT2D eigenvalue weighted by Gasteiger charge is 2.26. The molecule has 2 aromatic heterocycles. The quantitative estimate of drug-likeness (QED) is 0.828. The monoisotopic (exact) mass is 340 g/mol. The molecule has 7 heteroatoms. The van der Waals surface area contributed by atoms with Crippen LogP contribution in [0, 0.1) is 5.92 Å². The van der Waals surface area contributed by atoms with Gasteiger partial charge in [-0.05, 0) is 25.8 Å². The Morgan fingerprint density at radius 1 is 1.20 bits per heavy atom. The summed E-state index contributed by atoms with van der Waals surface area (Å²) < 4.78 is 1.72. The Morgan fingerprint density at radius 3 is 2.84 bits per heavy atom. The fourth-order valence-corrected chi connectivity index (χ4v) is 3.85. The Kier molecular flexibility index (Phi) is 4.48. The lowest BCUT2D eigenvalue weighted by Gasteiger charge is -2.35. The second-order valence-corrected chi connectivity index (χ2v) is 7.11. The maximum absolute atomic E-state index is 11.9. The lowest BCUT2D eigenvalue weighted by molar-refractivity contribution is 0.307. The van der Waals surface area contributed by atoms with Gasteiger partial charge in [-0.1, -0.05) is 0 Å². The molecule has 0 bridgehead atoms. The van der Waals surface area contributed by atoms with Crippen molar-refractivity contribution < 1.29 is 0 Å². The molecule has 0 radical (unpaired) electrons. The van der Waals surface area contributed by atoms with Crippen molar-refractivity contribution in [2.45, 2.75) is 32.4 Å². The molecule has 0 aliphatic carbocycles.